The molecule has 0 spiro atoms. The summed E-state index contributed by atoms with van der Waals surface area (Å²) >= 11 is 0. The molecule has 0 unspecified atom stereocenters. The van der Waals surface area contributed by atoms with Crippen LogP contribution in [0.1, 0.15) is 0 Å². The summed E-state index contributed by atoms with van der Waals surface area (Å²) in [4.78, 5) is 9.00. The van der Waals surface area contributed by atoms with E-state index in [1.807, 2.05) is 0 Å². The highest BCUT2D eigenvalue weighted by molar-refractivity contribution is 5.69. The summed E-state index contributed by atoms with van der Waals surface area (Å²) in [5.74, 6) is -0.861. The molecule has 7 nitrogen and oxygen atoms in total. The molecule has 0 saturated carbocycles. The lowest BCUT2D eigenvalue weighted by atomic mass is 10.5. The Labute approximate surface area is 62.2 Å². The molecule has 0 radical (unpaired) electrons. The molecule has 2 amide bonds. The Bertz CT molecular complexity index is 139. The van der Waals surface area contributed by atoms with Crippen molar-refractivity contribution >= 4 is 6.03 Å². The van der Waals surface area contributed by atoms with Crippen molar-refractivity contribution in [1.82, 2.24) is 0 Å². The van der Waals surface area contributed by atoms with E-state index >= 15 is 0 Å². The fraction of sp³-hybridized carbons (Fsp3) is 0.250. The molecule has 0 aliphatic rings. The van der Waals surface area contributed by atoms with Crippen molar-refractivity contribution in [3.63, 3.8) is 0 Å². The van der Waals surface area contributed by atoms with Crippen molar-refractivity contribution in [1.29, 1.82) is 0 Å². The van der Waals surface area contributed by atoms with Crippen LogP contribution in [-0.2, 0) is 0 Å². The zero-order valence-electron chi connectivity index (χ0n) is 5.51. The van der Waals surface area contributed by atoms with E-state index in [0.29, 0.717) is 0 Å². The normalized spacial score (nSPS) is 10.3. The monoisotopic (exact) mass is 166 g/mol. The highest BCUT2D eigenvalue weighted by Gasteiger charge is 2.00. The molecule has 11 heavy (non-hydrogen) atoms. The number of hydrogen-bond donors (Lipinski definition) is 6. The quantitative estimate of drug-likeness (QED) is 0.202. The van der Waals surface area contributed by atoms with Crippen LogP contribution in [0.4, 0.5) is 4.79 Å². The number of carbonyl (C=O) groups is 1. The van der Waals surface area contributed by atoms with Gasteiger partial charge in [-0.05, 0) is 0 Å². The summed E-state index contributed by atoms with van der Waals surface area (Å²) in [5, 5.41) is 31.6. The van der Waals surface area contributed by atoms with E-state index in [9.17, 15) is 0 Å². The zero-order chi connectivity index (χ0) is 9.44. The van der Waals surface area contributed by atoms with E-state index in [4.69, 9.17) is 25.2 Å². The van der Waals surface area contributed by atoms with Gasteiger partial charge in [-0.1, -0.05) is 0 Å². The standard InChI is InChI=1S/C3H6O4.CH4N2O/c4-1-2(5)3(6)7;2-1(3)4/h1,3-7H;(H4,2,3,4). The number of carbonyl (C=O) groups excluding carboxylic acids is 1. The number of amides is 2. The second-order valence-corrected chi connectivity index (χ2v) is 1.33. The topological polar surface area (TPSA) is 150 Å². The van der Waals surface area contributed by atoms with Crippen LogP contribution in [-0.4, -0.2) is 32.7 Å². The van der Waals surface area contributed by atoms with Crippen molar-refractivity contribution in [2.75, 3.05) is 0 Å². The summed E-state index contributed by atoms with van der Waals surface area (Å²) in [7, 11) is 0. The second-order valence-electron chi connectivity index (χ2n) is 1.33. The van der Waals surface area contributed by atoms with Crippen LogP contribution in [0.2, 0.25) is 0 Å². The van der Waals surface area contributed by atoms with Crippen molar-refractivity contribution in [3.05, 3.63) is 12.0 Å². The average Bonchev–Trinajstić information content (AvgIpc) is 1.85. The molecule has 0 aromatic carbocycles. The van der Waals surface area contributed by atoms with Crippen LogP contribution in [0.25, 0.3) is 0 Å². The number of primary amides is 2. The summed E-state index contributed by atoms with van der Waals surface area (Å²) < 4.78 is 0. The predicted octanol–water partition coefficient (Wildman–Crippen LogP) is -1.72. The Morgan fingerprint density at radius 2 is 1.64 bits per heavy atom. The second kappa shape index (κ2) is 6.65. The van der Waals surface area contributed by atoms with Crippen LogP contribution < -0.4 is 11.5 Å². The van der Waals surface area contributed by atoms with E-state index < -0.39 is 18.1 Å². The maximum absolute atomic E-state index is 9.00. The third kappa shape index (κ3) is 17.7. The van der Waals surface area contributed by atoms with Gasteiger partial charge in [0.15, 0.2) is 5.76 Å². The molecule has 0 aliphatic heterocycles. The fourth-order valence-corrected chi connectivity index (χ4v) is 0.0667. The van der Waals surface area contributed by atoms with Gasteiger partial charge < -0.3 is 31.9 Å². The van der Waals surface area contributed by atoms with Crippen LogP contribution in [0, 0.1) is 0 Å². The van der Waals surface area contributed by atoms with E-state index in [0.717, 1.165) is 0 Å². The molecule has 7 heteroatoms. The molecule has 66 valence electrons. The molecule has 8 N–H and O–H groups in total. The third-order valence-electron chi connectivity index (χ3n) is 0.397. The number of urea groups is 1. The Balaban J connectivity index is 0. The van der Waals surface area contributed by atoms with Gasteiger partial charge in [-0.2, -0.15) is 0 Å². The molecule has 0 bridgehead atoms. The molecular formula is C4H10N2O5. The third-order valence-corrected chi connectivity index (χ3v) is 0.397. The lowest BCUT2D eigenvalue weighted by molar-refractivity contribution is -0.0396. The number of hydrogen-bond acceptors (Lipinski definition) is 5. The first-order chi connectivity index (χ1) is 4.91. The summed E-state index contributed by atoms with van der Waals surface area (Å²) in [6, 6.07) is -0.833. The molecule has 0 aromatic heterocycles. The maximum atomic E-state index is 9.00. The van der Waals surface area contributed by atoms with Crippen LogP contribution in [0.15, 0.2) is 12.0 Å². The van der Waals surface area contributed by atoms with E-state index in [1.165, 1.54) is 0 Å². The predicted molar refractivity (Wildman–Crippen MR) is 35.3 cm³/mol. The Kier molecular flexibility index (Phi) is 7.39. The first kappa shape index (κ1) is 12.2. The maximum Gasteiger partial charge on any atom is 0.309 e. The highest BCUT2D eigenvalue weighted by Crippen LogP contribution is 1.88. The minimum atomic E-state index is -1.97. The summed E-state index contributed by atoms with van der Waals surface area (Å²) in [6.07, 6.45) is -1.75. The van der Waals surface area contributed by atoms with Gasteiger partial charge in [0.1, 0.15) is 6.26 Å². The van der Waals surface area contributed by atoms with E-state index in [-0.39, 0.29) is 6.26 Å². The Morgan fingerprint density at radius 1 is 1.36 bits per heavy atom. The lowest BCUT2D eigenvalue weighted by Gasteiger charge is -1.96. The van der Waals surface area contributed by atoms with E-state index in [1.54, 1.807) is 0 Å². The van der Waals surface area contributed by atoms with Gasteiger partial charge in [-0.3, -0.25) is 0 Å². The number of nitrogens with two attached hydrogens (primary N) is 2. The molecule has 0 fully saturated rings. The molecule has 0 atom stereocenters. The van der Waals surface area contributed by atoms with Gasteiger partial charge in [0.05, 0.1) is 0 Å². The molecule has 0 aromatic rings. The fourth-order valence-electron chi connectivity index (χ4n) is 0.0667. The number of rotatable bonds is 1. The van der Waals surface area contributed by atoms with Crippen molar-refractivity contribution < 1.29 is 25.2 Å². The number of aliphatic hydroxyl groups excluding tert-OH is 3. The van der Waals surface area contributed by atoms with Crippen LogP contribution >= 0.6 is 0 Å². The SMILES string of the molecule is NC(N)=O.OC=C(O)C(O)O. The Morgan fingerprint density at radius 3 is 1.64 bits per heavy atom. The first-order valence-electron chi connectivity index (χ1n) is 2.36. The molecule has 0 heterocycles. The first-order valence-corrected chi connectivity index (χ1v) is 2.36. The van der Waals surface area contributed by atoms with Crippen molar-refractivity contribution in [3.8, 4) is 0 Å². The van der Waals surface area contributed by atoms with Gasteiger partial charge in [0, 0.05) is 0 Å². The largest absolute Gasteiger partial charge is 0.512 e. The van der Waals surface area contributed by atoms with Gasteiger partial charge in [-0.15, -0.1) is 0 Å². The number of aliphatic hydroxyl groups is 4. The van der Waals surface area contributed by atoms with Crippen molar-refractivity contribution in [2.24, 2.45) is 11.5 Å². The molecule has 0 aliphatic carbocycles. The average molecular weight is 166 g/mol. The Hall–Kier alpha value is -1.47. The van der Waals surface area contributed by atoms with Crippen molar-refractivity contribution in [2.45, 2.75) is 6.29 Å². The minimum absolute atomic E-state index is 0.213. The van der Waals surface area contributed by atoms with Gasteiger partial charge in [0.25, 0.3) is 0 Å². The van der Waals surface area contributed by atoms with Gasteiger partial charge in [-0.25, -0.2) is 4.79 Å². The van der Waals surface area contributed by atoms with Crippen LogP contribution in [0.5, 0.6) is 0 Å². The smallest absolute Gasteiger partial charge is 0.309 e. The van der Waals surface area contributed by atoms with Gasteiger partial charge in [0.2, 0.25) is 6.29 Å². The summed E-state index contributed by atoms with van der Waals surface area (Å²) in [6.45, 7) is 0. The molecule has 0 saturated heterocycles. The highest BCUT2D eigenvalue weighted by atomic mass is 16.5. The zero-order valence-corrected chi connectivity index (χ0v) is 5.51. The van der Waals surface area contributed by atoms with Crippen LogP contribution in [0.3, 0.4) is 0 Å². The summed E-state index contributed by atoms with van der Waals surface area (Å²) in [5.41, 5.74) is 8.50. The van der Waals surface area contributed by atoms with E-state index in [2.05, 4.69) is 11.5 Å². The lowest BCUT2D eigenvalue weighted by Crippen LogP contribution is -2.18. The molecule has 0 rings (SSSR count). The molecular weight excluding hydrogens is 156 g/mol. The van der Waals surface area contributed by atoms with Gasteiger partial charge >= 0.3 is 6.03 Å². The minimum Gasteiger partial charge on any atom is -0.512 e.